The molecule has 0 fully saturated rings. The molecule has 5 nitrogen and oxygen atoms in total. The lowest BCUT2D eigenvalue weighted by atomic mass is 10.3. The molecule has 0 atom stereocenters. The van der Waals surface area contributed by atoms with Crippen molar-refractivity contribution in [2.24, 2.45) is 0 Å². The van der Waals surface area contributed by atoms with Gasteiger partial charge >= 0.3 is 11.8 Å². The van der Waals surface area contributed by atoms with Crippen LogP contribution in [0.15, 0.2) is 24.3 Å². The molecule has 1 rings (SSSR count). The summed E-state index contributed by atoms with van der Waals surface area (Å²) >= 11 is 0. The number of rotatable bonds is 7. The lowest BCUT2D eigenvalue weighted by molar-refractivity contribution is -0.143. The van der Waals surface area contributed by atoms with Gasteiger partial charge in [-0.3, -0.25) is 9.59 Å². The maximum absolute atomic E-state index is 12.1. The van der Waals surface area contributed by atoms with Crippen LogP contribution < -0.4 is 10.1 Å². The molecule has 0 saturated carbocycles. The molecule has 122 valence electrons. The molecule has 0 heterocycles. The Labute approximate surface area is 132 Å². The summed E-state index contributed by atoms with van der Waals surface area (Å²) in [5.41, 5.74) is 0.586. The molecule has 1 aromatic carbocycles. The Kier molecular flexibility index (Phi) is 7.43. The van der Waals surface area contributed by atoms with Crippen LogP contribution in [0.5, 0.6) is 5.75 Å². The van der Waals surface area contributed by atoms with Crippen molar-refractivity contribution in [1.82, 2.24) is 4.90 Å². The highest BCUT2D eigenvalue weighted by molar-refractivity contribution is 6.39. The average molecular weight is 306 g/mol. The van der Waals surface area contributed by atoms with Crippen LogP contribution in [-0.2, 0) is 9.59 Å². The normalized spacial score (nSPS) is 10.4. The minimum atomic E-state index is -0.598. The lowest BCUT2D eigenvalue weighted by Crippen LogP contribution is -2.40. The van der Waals surface area contributed by atoms with E-state index in [1.807, 2.05) is 27.7 Å². The predicted octanol–water partition coefficient (Wildman–Crippen LogP) is 3.06. The zero-order chi connectivity index (χ0) is 16.5. The van der Waals surface area contributed by atoms with Crippen LogP contribution in [0.4, 0.5) is 5.69 Å². The SMILES string of the molecule is CCCN(CCC)C(=O)C(=O)Nc1ccc(OC(C)C)cc1. The van der Waals surface area contributed by atoms with E-state index in [4.69, 9.17) is 4.74 Å². The molecule has 0 aliphatic heterocycles. The van der Waals surface area contributed by atoms with Gasteiger partial charge < -0.3 is 15.0 Å². The van der Waals surface area contributed by atoms with E-state index in [0.29, 0.717) is 18.8 Å². The Morgan fingerprint density at radius 3 is 2.09 bits per heavy atom. The lowest BCUT2D eigenvalue weighted by Gasteiger charge is -2.20. The summed E-state index contributed by atoms with van der Waals surface area (Å²) in [7, 11) is 0. The number of anilines is 1. The fourth-order valence-corrected chi connectivity index (χ4v) is 2.07. The minimum absolute atomic E-state index is 0.0960. The van der Waals surface area contributed by atoms with E-state index in [2.05, 4.69) is 5.32 Å². The Bertz CT molecular complexity index is 477. The molecule has 0 unspecified atom stereocenters. The molecule has 22 heavy (non-hydrogen) atoms. The molecule has 0 bridgehead atoms. The highest BCUT2D eigenvalue weighted by Gasteiger charge is 2.20. The maximum atomic E-state index is 12.1. The number of nitrogens with zero attached hydrogens (tertiary/aromatic N) is 1. The number of benzene rings is 1. The molecule has 5 heteroatoms. The van der Waals surface area contributed by atoms with Crippen LogP contribution in [0.2, 0.25) is 0 Å². The summed E-state index contributed by atoms with van der Waals surface area (Å²) in [6.45, 7) is 9.07. The second-order valence-corrected chi connectivity index (χ2v) is 5.44. The van der Waals surface area contributed by atoms with E-state index in [0.717, 1.165) is 18.6 Å². The zero-order valence-corrected chi connectivity index (χ0v) is 13.9. The number of carbonyl (C=O) groups excluding carboxylic acids is 2. The van der Waals surface area contributed by atoms with Gasteiger partial charge in [0.2, 0.25) is 0 Å². The summed E-state index contributed by atoms with van der Waals surface area (Å²) in [6.07, 6.45) is 1.76. The van der Waals surface area contributed by atoms with Crippen molar-refractivity contribution in [1.29, 1.82) is 0 Å². The van der Waals surface area contributed by atoms with E-state index in [-0.39, 0.29) is 6.10 Å². The van der Waals surface area contributed by atoms with E-state index in [9.17, 15) is 9.59 Å². The Hall–Kier alpha value is -2.04. The second-order valence-electron chi connectivity index (χ2n) is 5.44. The van der Waals surface area contributed by atoms with Crippen molar-refractivity contribution in [3.8, 4) is 5.75 Å². The fourth-order valence-electron chi connectivity index (χ4n) is 2.07. The zero-order valence-electron chi connectivity index (χ0n) is 13.9. The van der Waals surface area contributed by atoms with Crippen molar-refractivity contribution in [3.05, 3.63) is 24.3 Å². The molecule has 1 aromatic rings. The van der Waals surface area contributed by atoms with Crippen molar-refractivity contribution < 1.29 is 14.3 Å². The molecule has 1 N–H and O–H groups in total. The third-order valence-electron chi connectivity index (χ3n) is 2.95. The van der Waals surface area contributed by atoms with Crippen LogP contribution in [0.1, 0.15) is 40.5 Å². The van der Waals surface area contributed by atoms with Crippen molar-refractivity contribution in [3.63, 3.8) is 0 Å². The summed E-state index contributed by atoms with van der Waals surface area (Å²) in [5.74, 6) is -0.344. The average Bonchev–Trinajstić information content (AvgIpc) is 2.47. The highest BCUT2D eigenvalue weighted by Crippen LogP contribution is 2.17. The van der Waals surface area contributed by atoms with E-state index in [1.165, 1.54) is 0 Å². The van der Waals surface area contributed by atoms with E-state index in [1.54, 1.807) is 29.2 Å². The molecule has 0 radical (unpaired) electrons. The van der Waals surface area contributed by atoms with Crippen LogP contribution in [0.3, 0.4) is 0 Å². The van der Waals surface area contributed by atoms with Gasteiger partial charge in [-0.15, -0.1) is 0 Å². The first-order valence-corrected chi connectivity index (χ1v) is 7.84. The topological polar surface area (TPSA) is 58.6 Å². The molecule has 0 aromatic heterocycles. The summed E-state index contributed by atoms with van der Waals surface area (Å²) in [4.78, 5) is 25.8. The molecular formula is C17H26N2O3. The van der Waals surface area contributed by atoms with Gasteiger partial charge in [0.1, 0.15) is 5.75 Å². The molecule has 0 aliphatic carbocycles. The standard InChI is InChI=1S/C17H26N2O3/c1-5-11-19(12-6-2)17(21)16(20)18-14-7-9-15(10-8-14)22-13(3)4/h7-10,13H,5-6,11-12H2,1-4H3,(H,18,20). The smallest absolute Gasteiger partial charge is 0.313 e. The number of carbonyl (C=O) groups is 2. The second kappa shape index (κ2) is 9.07. The largest absolute Gasteiger partial charge is 0.491 e. The minimum Gasteiger partial charge on any atom is -0.491 e. The Balaban J connectivity index is 2.64. The van der Waals surface area contributed by atoms with E-state index >= 15 is 0 Å². The first-order chi connectivity index (χ1) is 10.5. The first-order valence-electron chi connectivity index (χ1n) is 7.84. The molecule has 2 amide bonds. The Morgan fingerprint density at radius 1 is 1.09 bits per heavy atom. The van der Waals surface area contributed by atoms with Gasteiger partial charge in [-0.05, 0) is 51.0 Å². The van der Waals surface area contributed by atoms with Crippen LogP contribution in [0, 0.1) is 0 Å². The van der Waals surface area contributed by atoms with Crippen molar-refractivity contribution in [2.75, 3.05) is 18.4 Å². The predicted molar refractivity (Wildman–Crippen MR) is 88.0 cm³/mol. The molecular weight excluding hydrogens is 280 g/mol. The van der Waals surface area contributed by atoms with Gasteiger partial charge in [0.15, 0.2) is 0 Å². The van der Waals surface area contributed by atoms with Gasteiger partial charge in [0, 0.05) is 18.8 Å². The molecule has 0 aliphatic rings. The molecule has 0 spiro atoms. The van der Waals surface area contributed by atoms with Gasteiger partial charge in [0.25, 0.3) is 0 Å². The van der Waals surface area contributed by atoms with E-state index < -0.39 is 11.8 Å². The first kappa shape index (κ1) is 18.0. The fraction of sp³-hybridized carbons (Fsp3) is 0.529. The van der Waals surface area contributed by atoms with Crippen molar-refractivity contribution in [2.45, 2.75) is 46.6 Å². The Morgan fingerprint density at radius 2 is 1.64 bits per heavy atom. The quantitative estimate of drug-likeness (QED) is 0.788. The number of hydrogen-bond donors (Lipinski definition) is 1. The third kappa shape index (κ3) is 5.76. The number of amides is 2. The third-order valence-corrected chi connectivity index (χ3v) is 2.95. The number of nitrogens with one attached hydrogen (secondary N) is 1. The van der Waals surface area contributed by atoms with Gasteiger partial charge in [0.05, 0.1) is 6.10 Å². The van der Waals surface area contributed by atoms with Crippen LogP contribution in [0.25, 0.3) is 0 Å². The number of ether oxygens (including phenoxy) is 1. The number of hydrogen-bond acceptors (Lipinski definition) is 3. The van der Waals surface area contributed by atoms with Crippen LogP contribution >= 0.6 is 0 Å². The van der Waals surface area contributed by atoms with Gasteiger partial charge in [-0.2, -0.15) is 0 Å². The maximum Gasteiger partial charge on any atom is 0.313 e. The summed E-state index contributed by atoms with van der Waals surface area (Å²) in [5, 5.41) is 2.63. The van der Waals surface area contributed by atoms with Crippen molar-refractivity contribution >= 4 is 17.5 Å². The summed E-state index contributed by atoms with van der Waals surface area (Å²) in [6, 6.07) is 7.01. The van der Waals surface area contributed by atoms with Gasteiger partial charge in [-0.25, -0.2) is 0 Å². The molecule has 0 saturated heterocycles. The summed E-state index contributed by atoms with van der Waals surface area (Å²) < 4.78 is 5.54. The van der Waals surface area contributed by atoms with Crippen LogP contribution in [-0.4, -0.2) is 35.9 Å². The highest BCUT2D eigenvalue weighted by atomic mass is 16.5. The van der Waals surface area contributed by atoms with Gasteiger partial charge in [-0.1, -0.05) is 13.8 Å². The monoisotopic (exact) mass is 306 g/mol.